The number of fused-ring (bicyclic) bond motifs is 1. The number of alkyl halides is 3. The molecule has 186 valence electrons. The van der Waals surface area contributed by atoms with Crippen molar-refractivity contribution >= 4 is 0 Å². The van der Waals surface area contributed by atoms with Crippen LogP contribution in [0.4, 0.5) is 13.2 Å². The molecule has 2 saturated heterocycles. The van der Waals surface area contributed by atoms with E-state index < -0.39 is 60.8 Å². The molecule has 3 aliphatic rings. The molecule has 1 aliphatic carbocycles. The minimum absolute atomic E-state index is 0.139. The van der Waals surface area contributed by atoms with E-state index in [1.165, 1.54) is 0 Å². The van der Waals surface area contributed by atoms with Gasteiger partial charge in [0.15, 0.2) is 6.10 Å². The van der Waals surface area contributed by atoms with Gasteiger partial charge in [-0.25, -0.2) is 0 Å². The molecule has 0 radical (unpaired) electrons. The zero-order valence-electron chi connectivity index (χ0n) is 18.6. The highest BCUT2D eigenvalue weighted by Crippen LogP contribution is 2.51. The van der Waals surface area contributed by atoms with Gasteiger partial charge in [-0.05, 0) is 36.8 Å². The lowest BCUT2D eigenvalue weighted by atomic mass is 9.93. The van der Waals surface area contributed by atoms with Crippen LogP contribution < -0.4 is 4.74 Å². The summed E-state index contributed by atoms with van der Waals surface area (Å²) in [7, 11) is 0. The second kappa shape index (κ2) is 8.20. The number of ether oxygens (including phenoxy) is 3. The highest BCUT2D eigenvalue weighted by atomic mass is 19.4. The van der Waals surface area contributed by atoms with Crippen LogP contribution in [0.1, 0.15) is 54.6 Å². The van der Waals surface area contributed by atoms with E-state index in [-0.39, 0.29) is 12.0 Å². The van der Waals surface area contributed by atoms with Crippen molar-refractivity contribution in [1.82, 2.24) is 9.78 Å². The van der Waals surface area contributed by atoms with Crippen molar-refractivity contribution < 1.29 is 42.7 Å². The summed E-state index contributed by atoms with van der Waals surface area (Å²) in [5, 5.41) is 35.3. The van der Waals surface area contributed by atoms with Gasteiger partial charge < -0.3 is 29.5 Å². The average molecular weight is 484 g/mol. The van der Waals surface area contributed by atoms with Crippen LogP contribution in [0.2, 0.25) is 0 Å². The number of aromatic nitrogens is 2. The third-order valence-corrected chi connectivity index (χ3v) is 6.94. The van der Waals surface area contributed by atoms with Crippen LogP contribution >= 0.6 is 0 Å². The molecule has 1 aromatic carbocycles. The number of epoxide rings is 1. The Morgan fingerprint density at radius 1 is 1.18 bits per heavy atom. The minimum atomic E-state index is -4.72. The molecule has 8 nitrogen and oxygen atoms in total. The van der Waals surface area contributed by atoms with E-state index in [1.807, 2.05) is 19.1 Å². The fraction of sp³-hybridized carbons (Fsp3) is 0.609. The van der Waals surface area contributed by atoms with Gasteiger partial charge in [0.05, 0.1) is 18.2 Å². The number of aliphatic hydroxyl groups is 3. The van der Waals surface area contributed by atoms with Crippen molar-refractivity contribution in [2.45, 2.75) is 75.0 Å². The van der Waals surface area contributed by atoms with Crippen molar-refractivity contribution in [1.29, 1.82) is 0 Å². The predicted molar refractivity (Wildman–Crippen MR) is 111 cm³/mol. The van der Waals surface area contributed by atoms with Gasteiger partial charge in [-0.1, -0.05) is 31.2 Å². The molecule has 2 aliphatic heterocycles. The summed E-state index contributed by atoms with van der Waals surface area (Å²) in [4.78, 5) is 0. The zero-order chi connectivity index (χ0) is 24.3. The number of nitrogens with zero attached hydrogens (tertiary/aromatic N) is 2. The summed E-state index contributed by atoms with van der Waals surface area (Å²) in [6.07, 6.45) is -4.12. The SMILES string of the molecule is CCc1ccc(Cc2c(OC3(O)COC(CO)C4OC43O)nn(C3CCC3)c2C(F)(F)F)cc1. The molecule has 1 aromatic heterocycles. The Morgan fingerprint density at radius 3 is 2.41 bits per heavy atom. The largest absolute Gasteiger partial charge is 0.435 e. The van der Waals surface area contributed by atoms with E-state index in [9.17, 15) is 28.5 Å². The molecule has 3 N–H and O–H groups in total. The maximum atomic E-state index is 14.3. The number of hydrogen-bond donors (Lipinski definition) is 3. The quantitative estimate of drug-likeness (QED) is 0.409. The third-order valence-electron chi connectivity index (χ3n) is 6.94. The molecule has 11 heteroatoms. The molecule has 0 amide bonds. The second-order valence-corrected chi connectivity index (χ2v) is 9.16. The van der Waals surface area contributed by atoms with Crippen molar-refractivity contribution in [2.24, 2.45) is 0 Å². The Kier molecular flexibility index (Phi) is 5.68. The molecular formula is C23H27F3N2O6. The van der Waals surface area contributed by atoms with Gasteiger partial charge in [-0.2, -0.15) is 13.2 Å². The Hall–Kier alpha value is -2.18. The first kappa shape index (κ1) is 23.6. The van der Waals surface area contributed by atoms with Crippen LogP contribution in [-0.2, 0) is 28.5 Å². The molecule has 3 heterocycles. The van der Waals surface area contributed by atoms with Crippen LogP contribution in [0.25, 0.3) is 0 Å². The first-order valence-corrected chi connectivity index (χ1v) is 11.4. The summed E-state index contributed by atoms with van der Waals surface area (Å²) in [6.45, 7) is 0.904. The molecule has 1 saturated carbocycles. The van der Waals surface area contributed by atoms with E-state index >= 15 is 0 Å². The van der Waals surface area contributed by atoms with Gasteiger partial charge in [0.25, 0.3) is 11.6 Å². The normalized spacial score (nSPS) is 31.1. The lowest BCUT2D eigenvalue weighted by Gasteiger charge is -2.35. The van der Waals surface area contributed by atoms with Gasteiger partial charge >= 0.3 is 6.18 Å². The number of rotatable bonds is 7. The Morgan fingerprint density at radius 2 is 1.85 bits per heavy atom. The van der Waals surface area contributed by atoms with E-state index in [4.69, 9.17) is 14.2 Å². The fourth-order valence-electron chi connectivity index (χ4n) is 4.61. The lowest BCUT2D eigenvalue weighted by Crippen LogP contribution is -2.61. The monoisotopic (exact) mass is 484 g/mol. The van der Waals surface area contributed by atoms with Crippen LogP contribution in [0.15, 0.2) is 24.3 Å². The topological polar surface area (TPSA) is 110 Å². The summed E-state index contributed by atoms with van der Waals surface area (Å²) < 4.78 is 59.9. The minimum Gasteiger partial charge on any atom is -0.435 e. The highest BCUT2D eigenvalue weighted by molar-refractivity contribution is 5.40. The Bertz CT molecular complexity index is 1050. The van der Waals surface area contributed by atoms with E-state index in [0.717, 1.165) is 23.1 Å². The van der Waals surface area contributed by atoms with Crippen molar-refractivity contribution in [3.63, 3.8) is 0 Å². The number of hydrogen-bond acceptors (Lipinski definition) is 7. The Labute approximate surface area is 193 Å². The number of halogens is 3. The van der Waals surface area contributed by atoms with E-state index in [2.05, 4.69) is 5.10 Å². The maximum absolute atomic E-state index is 14.3. The van der Waals surface area contributed by atoms with Gasteiger partial charge in [0, 0.05) is 6.42 Å². The van der Waals surface area contributed by atoms with E-state index in [1.54, 1.807) is 12.1 Å². The summed E-state index contributed by atoms with van der Waals surface area (Å²) in [5.41, 5.74) is 0.502. The van der Waals surface area contributed by atoms with Crippen LogP contribution in [0.5, 0.6) is 5.88 Å². The lowest BCUT2D eigenvalue weighted by molar-refractivity contribution is -0.293. The second-order valence-electron chi connectivity index (χ2n) is 9.16. The van der Waals surface area contributed by atoms with Gasteiger partial charge in [-0.3, -0.25) is 4.68 Å². The smallest absolute Gasteiger partial charge is 0.433 e. The maximum Gasteiger partial charge on any atom is 0.433 e. The first-order chi connectivity index (χ1) is 16.1. The van der Waals surface area contributed by atoms with Gasteiger partial charge in [0.2, 0.25) is 5.88 Å². The molecule has 2 aromatic rings. The molecule has 5 rings (SSSR count). The molecule has 0 spiro atoms. The number of benzene rings is 1. The summed E-state index contributed by atoms with van der Waals surface area (Å²) in [6, 6.07) is 6.77. The molecule has 3 fully saturated rings. The summed E-state index contributed by atoms with van der Waals surface area (Å²) in [5.74, 6) is -5.15. The third kappa shape index (κ3) is 3.79. The van der Waals surface area contributed by atoms with Crippen LogP contribution in [0.3, 0.4) is 0 Å². The average Bonchev–Trinajstić information content (AvgIpc) is 3.35. The predicted octanol–water partition coefficient (Wildman–Crippen LogP) is 2.33. The van der Waals surface area contributed by atoms with Crippen molar-refractivity contribution in [3.05, 3.63) is 46.6 Å². The molecule has 34 heavy (non-hydrogen) atoms. The fourth-order valence-corrected chi connectivity index (χ4v) is 4.61. The standard InChI is InChI=1S/C23H27F3N2O6/c1-2-13-6-8-14(9-7-13)10-16-18(23(24,25)26)28(15-4-3-5-15)27-20(16)34-21(30)12-32-17(11-29)19-22(21,31)33-19/h6-9,15,17,19,29-31H,2-5,10-12H2,1H3. The molecule has 4 atom stereocenters. The number of aryl methyl sites for hydroxylation is 1. The van der Waals surface area contributed by atoms with Crippen LogP contribution in [0, 0.1) is 0 Å². The van der Waals surface area contributed by atoms with Crippen LogP contribution in [-0.4, -0.2) is 62.1 Å². The van der Waals surface area contributed by atoms with Crippen molar-refractivity contribution in [3.8, 4) is 5.88 Å². The molecular weight excluding hydrogens is 457 g/mol. The molecule has 0 bridgehead atoms. The molecule has 4 unspecified atom stereocenters. The zero-order valence-corrected chi connectivity index (χ0v) is 18.6. The Balaban J connectivity index is 1.55. The number of aliphatic hydroxyl groups excluding tert-OH is 1. The van der Waals surface area contributed by atoms with Gasteiger partial charge in [0.1, 0.15) is 18.4 Å². The highest BCUT2D eigenvalue weighted by Gasteiger charge is 2.77. The van der Waals surface area contributed by atoms with Crippen molar-refractivity contribution in [2.75, 3.05) is 13.2 Å². The summed E-state index contributed by atoms with van der Waals surface area (Å²) >= 11 is 0. The van der Waals surface area contributed by atoms with E-state index in [0.29, 0.717) is 18.4 Å². The first-order valence-electron chi connectivity index (χ1n) is 11.4. The van der Waals surface area contributed by atoms with Gasteiger partial charge in [-0.15, -0.1) is 5.10 Å².